The third-order valence-electron chi connectivity index (χ3n) is 4.62. The maximum atomic E-state index is 12.6. The fourth-order valence-corrected chi connectivity index (χ4v) is 3.40. The summed E-state index contributed by atoms with van der Waals surface area (Å²) in [7, 11) is 1.64. The minimum absolute atomic E-state index is 0.0477. The average Bonchev–Trinajstić information content (AvgIpc) is 2.71. The van der Waals surface area contributed by atoms with Gasteiger partial charge in [0.25, 0.3) is 5.91 Å². The Morgan fingerprint density at radius 2 is 1.85 bits per heavy atom. The molecule has 1 aliphatic heterocycles. The second kappa shape index (κ2) is 9.42. The molecule has 2 aromatic carbocycles. The average molecular weight is 409 g/mol. The van der Waals surface area contributed by atoms with Gasteiger partial charge in [-0.3, -0.25) is 9.69 Å². The van der Waals surface area contributed by atoms with Gasteiger partial charge < -0.3 is 14.8 Å². The predicted octanol–water partition coefficient (Wildman–Crippen LogP) is 3.81. The van der Waals surface area contributed by atoms with Gasteiger partial charge in [0.1, 0.15) is 5.75 Å². The Balaban J connectivity index is 1.73. The molecule has 1 N–H and O–H groups in total. The molecule has 27 heavy (non-hydrogen) atoms. The van der Waals surface area contributed by atoms with E-state index in [4.69, 9.17) is 32.7 Å². The molecule has 1 amide bonds. The number of carbonyl (C=O) groups is 1. The smallest absolute Gasteiger partial charge is 0.251 e. The molecule has 0 spiro atoms. The van der Waals surface area contributed by atoms with E-state index < -0.39 is 0 Å². The number of ether oxygens (including phenoxy) is 2. The summed E-state index contributed by atoms with van der Waals surface area (Å²) in [5.41, 5.74) is 1.60. The number of nitrogens with zero attached hydrogens (tertiary/aromatic N) is 1. The summed E-state index contributed by atoms with van der Waals surface area (Å²) in [5.74, 6) is 0.625. The Kier molecular flexibility index (Phi) is 6.96. The van der Waals surface area contributed by atoms with Crippen molar-refractivity contribution >= 4 is 29.1 Å². The quantitative estimate of drug-likeness (QED) is 0.789. The molecule has 1 heterocycles. The number of morpholine rings is 1. The zero-order chi connectivity index (χ0) is 19.2. The molecular weight excluding hydrogens is 387 g/mol. The minimum atomic E-state index is -0.180. The van der Waals surface area contributed by atoms with Gasteiger partial charge in [0.15, 0.2) is 0 Å². The van der Waals surface area contributed by atoms with E-state index in [-0.39, 0.29) is 11.9 Å². The molecular formula is C20H22Cl2N2O3. The van der Waals surface area contributed by atoms with Crippen molar-refractivity contribution in [3.05, 3.63) is 63.6 Å². The number of rotatable bonds is 6. The molecule has 1 atom stereocenters. The maximum Gasteiger partial charge on any atom is 0.251 e. The molecule has 0 bridgehead atoms. The zero-order valence-corrected chi connectivity index (χ0v) is 16.6. The topological polar surface area (TPSA) is 50.8 Å². The fraction of sp³-hybridized carbons (Fsp3) is 0.350. The zero-order valence-electron chi connectivity index (χ0n) is 15.1. The van der Waals surface area contributed by atoms with Crippen molar-refractivity contribution in [2.24, 2.45) is 0 Å². The second-order valence-electron chi connectivity index (χ2n) is 6.28. The lowest BCUT2D eigenvalue weighted by Crippen LogP contribution is -2.43. The van der Waals surface area contributed by atoms with Crippen LogP contribution in [0.2, 0.25) is 10.0 Å². The number of benzene rings is 2. The number of hydrogen-bond donors (Lipinski definition) is 1. The van der Waals surface area contributed by atoms with Crippen molar-refractivity contribution in [3.8, 4) is 5.75 Å². The van der Waals surface area contributed by atoms with Crippen LogP contribution in [-0.2, 0) is 4.74 Å². The van der Waals surface area contributed by atoms with Gasteiger partial charge in [-0.1, -0.05) is 35.3 Å². The fourth-order valence-electron chi connectivity index (χ4n) is 3.10. The van der Waals surface area contributed by atoms with Crippen LogP contribution in [0.3, 0.4) is 0 Å². The van der Waals surface area contributed by atoms with Crippen molar-refractivity contribution < 1.29 is 14.3 Å². The summed E-state index contributed by atoms with van der Waals surface area (Å²) in [4.78, 5) is 14.9. The SMILES string of the molecule is COc1ccc([C@H](CNC(=O)c2ccc(Cl)c(Cl)c2)N2CCOCC2)cc1. The van der Waals surface area contributed by atoms with Crippen LogP contribution in [-0.4, -0.2) is 50.8 Å². The number of carbonyl (C=O) groups excluding carboxylic acids is 1. The number of amides is 1. The summed E-state index contributed by atoms with van der Waals surface area (Å²) in [6.07, 6.45) is 0. The van der Waals surface area contributed by atoms with E-state index >= 15 is 0 Å². The summed E-state index contributed by atoms with van der Waals surface area (Å²) in [6.45, 7) is 3.49. The third-order valence-corrected chi connectivity index (χ3v) is 5.36. The Bertz CT molecular complexity index is 777. The molecule has 2 aromatic rings. The summed E-state index contributed by atoms with van der Waals surface area (Å²) in [5, 5.41) is 3.81. The van der Waals surface area contributed by atoms with Gasteiger partial charge in [-0.15, -0.1) is 0 Å². The molecule has 1 aliphatic rings. The van der Waals surface area contributed by atoms with Crippen molar-refractivity contribution in [2.45, 2.75) is 6.04 Å². The van der Waals surface area contributed by atoms with Crippen LogP contribution < -0.4 is 10.1 Å². The lowest BCUT2D eigenvalue weighted by Gasteiger charge is -2.35. The van der Waals surface area contributed by atoms with Gasteiger partial charge in [-0.2, -0.15) is 0 Å². The monoisotopic (exact) mass is 408 g/mol. The highest BCUT2D eigenvalue weighted by Crippen LogP contribution is 2.25. The molecule has 5 nitrogen and oxygen atoms in total. The number of methoxy groups -OCH3 is 1. The molecule has 0 radical (unpaired) electrons. The van der Waals surface area contributed by atoms with E-state index in [1.54, 1.807) is 25.3 Å². The van der Waals surface area contributed by atoms with Crippen molar-refractivity contribution in [2.75, 3.05) is 40.0 Å². The molecule has 144 valence electrons. The van der Waals surface area contributed by atoms with Gasteiger partial charge in [0.2, 0.25) is 0 Å². The molecule has 0 aliphatic carbocycles. The summed E-state index contributed by atoms with van der Waals surface area (Å²) in [6, 6.07) is 12.9. The van der Waals surface area contributed by atoms with Crippen LogP contribution in [0.1, 0.15) is 22.0 Å². The van der Waals surface area contributed by atoms with Gasteiger partial charge in [-0.25, -0.2) is 0 Å². The molecule has 1 fully saturated rings. The van der Waals surface area contributed by atoms with Crippen LogP contribution in [0.5, 0.6) is 5.75 Å². The molecule has 0 saturated carbocycles. The van der Waals surface area contributed by atoms with E-state index in [1.807, 2.05) is 24.3 Å². The highest BCUT2D eigenvalue weighted by atomic mass is 35.5. The Labute approximate surface area is 169 Å². The van der Waals surface area contributed by atoms with Gasteiger partial charge in [0.05, 0.1) is 36.4 Å². The first-order chi connectivity index (χ1) is 13.1. The standard InChI is InChI=1S/C20H22Cl2N2O3/c1-26-16-5-2-14(3-6-16)19(24-8-10-27-11-9-24)13-23-20(25)15-4-7-17(21)18(22)12-15/h2-7,12,19H,8-11,13H2,1H3,(H,23,25)/t19-/m0/s1. The van der Waals surface area contributed by atoms with Crippen LogP contribution in [0.15, 0.2) is 42.5 Å². The van der Waals surface area contributed by atoms with Crippen LogP contribution in [0.4, 0.5) is 0 Å². The van der Waals surface area contributed by atoms with Crippen molar-refractivity contribution in [1.82, 2.24) is 10.2 Å². The molecule has 0 unspecified atom stereocenters. The minimum Gasteiger partial charge on any atom is -0.497 e. The van der Waals surface area contributed by atoms with Crippen molar-refractivity contribution in [3.63, 3.8) is 0 Å². The number of halogens is 2. The highest BCUT2D eigenvalue weighted by Gasteiger charge is 2.23. The third kappa shape index (κ3) is 5.14. The van der Waals surface area contributed by atoms with E-state index in [0.29, 0.717) is 35.4 Å². The largest absolute Gasteiger partial charge is 0.497 e. The van der Waals surface area contributed by atoms with E-state index in [9.17, 15) is 4.79 Å². The van der Waals surface area contributed by atoms with Gasteiger partial charge in [0, 0.05) is 25.2 Å². The van der Waals surface area contributed by atoms with E-state index in [1.165, 1.54) is 0 Å². The first-order valence-corrected chi connectivity index (χ1v) is 9.53. The van der Waals surface area contributed by atoms with Crippen LogP contribution >= 0.6 is 23.2 Å². The molecule has 3 rings (SSSR count). The van der Waals surface area contributed by atoms with Gasteiger partial charge in [-0.05, 0) is 35.9 Å². The number of nitrogens with one attached hydrogen (secondary N) is 1. The maximum absolute atomic E-state index is 12.6. The normalized spacial score (nSPS) is 16.0. The summed E-state index contributed by atoms with van der Waals surface area (Å²) >= 11 is 11.9. The Morgan fingerprint density at radius 3 is 2.48 bits per heavy atom. The lowest BCUT2D eigenvalue weighted by molar-refractivity contribution is 0.0162. The van der Waals surface area contributed by atoms with Crippen LogP contribution in [0.25, 0.3) is 0 Å². The van der Waals surface area contributed by atoms with E-state index in [2.05, 4.69) is 10.2 Å². The van der Waals surface area contributed by atoms with E-state index in [0.717, 1.165) is 24.4 Å². The number of hydrogen-bond acceptors (Lipinski definition) is 4. The van der Waals surface area contributed by atoms with Crippen molar-refractivity contribution in [1.29, 1.82) is 0 Å². The lowest BCUT2D eigenvalue weighted by atomic mass is 10.0. The second-order valence-corrected chi connectivity index (χ2v) is 7.09. The predicted molar refractivity (Wildman–Crippen MR) is 107 cm³/mol. The van der Waals surface area contributed by atoms with Gasteiger partial charge >= 0.3 is 0 Å². The Hall–Kier alpha value is -1.79. The molecule has 7 heteroatoms. The molecule has 0 aromatic heterocycles. The highest BCUT2D eigenvalue weighted by molar-refractivity contribution is 6.42. The van der Waals surface area contributed by atoms with Crippen LogP contribution in [0, 0.1) is 0 Å². The summed E-state index contributed by atoms with van der Waals surface area (Å²) < 4.78 is 10.7. The Morgan fingerprint density at radius 1 is 1.15 bits per heavy atom. The molecule has 1 saturated heterocycles. The first-order valence-electron chi connectivity index (χ1n) is 8.77. The first kappa shape index (κ1) is 20.0.